The molecule has 0 radical (unpaired) electrons. The predicted molar refractivity (Wildman–Crippen MR) is 65.1 cm³/mol. The predicted octanol–water partition coefficient (Wildman–Crippen LogP) is 0.954. The fourth-order valence-electron chi connectivity index (χ4n) is 1.52. The van der Waals surface area contributed by atoms with E-state index in [1.165, 1.54) is 0 Å². The normalized spacial score (nSPS) is 10.6. The number of aromatic nitrogens is 3. The molecule has 0 spiro atoms. The van der Waals surface area contributed by atoms with Crippen molar-refractivity contribution in [1.82, 2.24) is 15.4 Å². The molecule has 0 saturated heterocycles. The second-order valence-corrected chi connectivity index (χ2v) is 4.46. The van der Waals surface area contributed by atoms with Gasteiger partial charge in [0.2, 0.25) is 0 Å². The van der Waals surface area contributed by atoms with Gasteiger partial charge in [-0.25, -0.2) is 0 Å². The van der Waals surface area contributed by atoms with Crippen molar-refractivity contribution in [2.75, 3.05) is 0 Å². The summed E-state index contributed by atoms with van der Waals surface area (Å²) in [6.07, 6.45) is 0. The van der Waals surface area contributed by atoms with Gasteiger partial charge >= 0.3 is 0 Å². The van der Waals surface area contributed by atoms with Gasteiger partial charge in [-0.1, -0.05) is 12.1 Å². The van der Waals surface area contributed by atoms with Crippen LogP contribution in [0.5, 0.6) is 0 Å². The Morgan fingerprint density at radius 2 is 1.38 bits per heavy atom. The van der Waals surface area contributed by atoms with Gasteiger partial charge in [0, 0.05) is 0 Å². The number of hydrogen-bond acceptors (Lipinski definition) is 2. The van der Waals surface area contributed by atoms with Crippen molar-refractivity contribution in [2.45, 2.75) is 39.8 Å². The number of benzene rings is 1. The first-order valence-electron chi connectivity index (χ1n) is 5.65. The molecule has 0 fully saturated rings. The van der Waals surface area contributed by atoms with Crippen molar-refractivity contribution in [3.63, 3.8) is 0 Å². The van der Waals surface area contributed by atoms with E-state index in [0.717, 1.165) is 23.1 Å². The van der Waals surface area contributed by atoms with Gasteiger partial charge < -0.3 is 20.7 Å². The van der Waals surface area contributed by atoms with Crippen LogP contribution in [0.4, 0.5) is 0 Å². The highest BCUT2D eigenvalue weighted by Crippen LogP contribution is 2.03. The van der Waals surface area contributed by atoms with E-state index in [9.17, 15) is 0 Å². The van der Waals surface area contributed by atoms with E-state index < -0.39 is 0 Å². The minimum Gasteiger partial charge on any atom is -0.492 e. The summed E-state index contributed by atoms with van der Waals surface area (Å²) < 4.78 is 0. The Bertz CT molecular complexity index is 370. The molecule has 0 aliphatic heterocycles. The molecule has 0 saturated carbocycles. The summed E-state index contributed by atoms with van der Waals surface area (Å²) in [5.41, 5.74) is 1.72. The summed E-state index contributed by atoms with van der Waals surface area (Å²) in [4.78, 5) is 0. The van der Waals surface area contributed by atoms with Crippen LogP contribution in [0.2, 0.25) is 0 Å². The van der Waals surface area contributed by atoms with Crippen LogP contribution in [-0.2, 0) is 0 Å². The molecule has 0 aliphatic carbocycles. The van der Waals surface area contributed by atoms with E-state index in [1.54, 1.807) is 0 Å². The summed E-state index contributed by atoms with van der Waals surface area (Å²) in [6.45, 7) is 8.83. The van der Waals surface area contributed by atoms with Gasteiger partial charge in [0.1, 0.15) is 0 Å². The maximum atomic E-state index is 3.76. The number of fused-ring (bicyclic) bond motifs is 1. The molecule has 0 atom stereocenters. The Morgan fingerprint density at radius 1 is 0.938 bits per heavy atom. The van der Waals surface area contributed by atoms with Gasteiger partial charge in [0.05, 0.1) is 23.1 Å². The lowest BCUT2D eigenvalue weighted by molar-refractivity contribution is -0.709. The lowest BCUT2D eigenvalue weighted by Crippen LogP contribution is -2.92. The van der Waals surface area contributed by atoms with Gasteiger partial charge in [-0.2, -0.15) is 0 Å². The second-order valence-electron chi connectivity index (χ2n) is 4.46. The number of nitrogens with two attached hydrogens (primary N) is 1. The second kappa shape index (κ2) is 6.23. The van der Waals surface area contributed by atoms with E-state index in [4.69, 9.17) is 0 Å². The fraction of sp³-hybridized carbons (Fsp3) is 0.500. The monoisotopic (exact) mass is 220 g/mol. The Balaban J connectivity index is 0.000000168. The van der Waals surface area contributed by atoms with Crippen molar-refractivity contribution in [3.8, 4) is 0 Å². The summed E-state index contributed by atoms with van der Waals surface area (Å²) in [7, 11) is 0. The average Bonchev–Trinajstić information content (AvgIpc) is 2.63. The molecule has 4 nitrogen and oxygen atoms in total. The first kappa shape index (κ1) is 12.6. The molecule has 0 amide bonds. The highest BCUT2D eigenvalue weighted by atomic mass is 15.3. The minimum atomic E-state index is 0.750. The smallest absolute Gasteiger partial charge is 0.0803 e. The molecule has 2 rings (SSSR count). The zero-order valence-corrected chi connectivity index (χ0v) is 10.4. The maximum absolute atomic E-state index is 3.76. The first-order chi connectivity index (χ1) is 7.59. The molecule has 4 heteroatoms. The van der Waals surface area contributed by atoms with Crippen molar-refractivity contribution >= 4 is 11.0 Å². The van der Waals surface area contributed by atoms with E-state index in [1.807, 2.05) is 24.3 Å². The van der Waals surface area contributed by atoms with E-state index in [-0.39, 0.29) is 0 Å². The third-order valence-electron chi connectivity index (χ3n) is 1.96. The van der Waals surface area contributed by atoms with Crippen LogP contribution < -0.4 is 10.5 Å². The first-order valence-corrected chi connectivity index (χ1v) is 5.65. The zero-order valence-electron chi connectivity index (χ0n) is 10.4. The molecular formula is C12H20N4. The number of rotatable bonds is 2. The van der Waals surface area contributed by atoms with Gasteiger partial charge in [-0.05, 0) is 39.8 Å². The van der Waals surface area contributed by atoms with Crippen LogP contribution >= 0.6 is 0 Å². The van der Waals surface area contributed by atoms with E-state index >= 15 is 0 Å². The largest absolute Gasteiger partial charge is 0.492 e. The molecule has 1 aromatic heterocycles. The fourth-order valence-corrected chi connectivity index (χ4v) is 1.52. The zero-order chi connectivity index (χ0) is 12.0. The van der Waals surface area contributed by atoms with Crippen molar-refractivity contribution in [2.24, 2.45) is 0 Å². The van der Waals surface area contributed by atoms with Crippen LogP contribution in [0.1, 0.15) is 27.7 Å². The van der Waals surface area contributed by atoms with Crippen LogP contribution in [-0.4, -0.2) is 22.3 Å². The molecule has 16 heavy (non-hydrogen) atoms. The van der Waals surface area contributed by atoms with Gasteiger partial charge in [-0.3, -0.25) is 0 Å². The summed E-state index contributed by atoms with van der Waals surface area (Å²) in [6, 6.07) is 9.10. The van der Waals surface area contributed by atoms with Gasteiger partial charge in [0.15, 0.2) is 0 Å². The minimum absolute atomic E-state index is 0.750. The third kappa shape index (κ3) is 4.40. The molecule has 2 aromatic rings. The Hall–Kier alpha value is -1.42. The Kier molecular flexibility index (Phi) is 4.92. The lowest BCUT2D eigenvalue weighted by atomic mass is 10.3. The van der Waals surface area contributed by atoms with Crippen LogP contribution in [0, 0.1) is 0 Å². The molecule has 0 unspecified atom stereocenters. The average molecular weight is 220 g/mol. The molecule has 1 heterocycles. The Labute approximate surface area is 96.4 Å². The van der Waals surface area contributed by atoms with E-state index in [2.05, 4.69) is 48.4 Å². The molecule has 2 N–H and O–H groups in total. The summed E-state index contributed by atoms with van der Waals surface area (Å²) in [5, 5.41) is 13.3. The highest BCUT2D eigenvalue weighted by Gasteiger charge is 1.97. The van der Waals surface area contributed by atoms with E-state index in [0.29, 0.717) is 0 Å². The molecule has 88 valence electrons. The number of nitrogens with zero attached hydrogens (tertiary/aromatic N) is 3. The van der Waals surface area contributed by atoms with Crippen LogP contribution in [0.25, 0.3) is 11.0 Å². The van der Waals surface area contributed by atoms with Gasteiger partial charge in [0.25, 0.3) is 0 Å². The quantitative estimate of drug-likeness (QED) is 0.820. The summed E-state index contributed by atoms with van der Waals surface area (Å²) in [5.74, 6) is 0. The third-order valence-corrected chi connectivity index (χ3v) is 1.96. The molecular weight excluding hydrogens is 200 g/mol. The van der Waals surface area contributed by atoms with Gasteiger partial charge in [-0.15, -0.1) is 0 Å². The van der Waals surface area contributed by atoms with Crippen molar-refractivity contribution in [3.05, 3.63) is 24.3 Å². The number of hydrogen-bond donors (Lipinski definition) is 1. The Morgan fingerprint density at radius 3 is 1.69 bits per heavy atom. The topological polar surface area (TPSA) is 56.5 Å². The molecule has 0 aliphatic rings. The molecule has 0 bridgehead atoms. The maximum Gasteiger partial charge on any atom is 0.0803 e. The van der Waals surface area contributed by atoms with Crippen molar-refractivity contribution in [1.29, 1.82) is 0 Å². The van der Waals surface area contributed by atoms with Crippen LogP contribution in [0.3, 0.4) is 0 Å². The number of quaternary nitrogens is 1. The SMILES string of the molecule is CC(C)[NH2+]C(C)C.c1ccc2n[n-]nc2c1. The summed E-state index contributed by atoms with van der Waals surface area (Å²) >= 11 is 0. The molecule has 1 aromatic carbocycles. The standard InChI is InChI=1S/C6H4N3.C6H15N/c1-2-4-6-5(3-1)7-9-8-6;1-5(2)7-6(3)4/h1-4H;5-7H,1-4H3/q-1;/p+1. The van der Waals surface area contributed by atoms with Crippen molar-refractivity contribution < 1.29 is 5.32 Å². The van der Waals surface area contributed by atoms with Crippen LogP contribution in [0.15, 0.2) is 24.3 Å². The highest BCUT2D eigenvalue weighted by molar-refractivity contribution is 5.72. The lowest BCUT2D eigenvalue weighted by Gasteiger charge is -2.06.